The van der Waals surface area contributed by atoms with Gasteiger partial charge in [0.05, 0.1) is 0 Å². The summed E-state index contributed by atoms with van der Waals surface area (Å²) in [5, 5.41) is 0. The van der Waals surface area contributed by atoms with Crippen molar-refractivity contribution in [3.8, 4) is 0 Å². The van der Waals surface area contributed by atoms with Gasteiger partial charge in [0.2, 0.25) is 0 Å². The highest BCUT2D eigenvalue weighted by Crippen LogP contribution is 2.73. The number of ketones is 1. The summed E-state index contributed by atoms with van der Waals surface area (Å²) < 4.78 is 0. The number of carbonyl (C=O) groups excluding carboxylic acids is 1. The van der Waals surface area contributed by atoms with Gasteiger partial charge in [0.1, 0.15) is 5.78 Å². The van der Waals surface area contributed by atoms with Crippen LogP contribution in [0.3, 0.4) is 0 Å². The van der Waals surface area contributed by atoms with E-state index in [0.29, 0.717) is 0 Å². The van der Waals surface area contributed by atoms with E-state index in [0.717, 1.165) is 22.2 Å². The predicted molar refractivity (Wildman–Crippen MR) is 118 cm³/mol. The number of rotatable bonds is 10. The Morgan fingerprint density at radius 1 is 0.667 bits per heavy atom. The minimum absolute atomic E-state index is 0.167. The lowest BCUT2D eigenvalue weighted by molar-refractivity contribution is -0.168. The van der Waals surface area contributed by atoms with Crippen LogP contribution in [0.2, 0.25) is 0 Å². The molecule has 0 spiro atoms. The van der Waals surface area contributed by atoms with E-state index >= 15 is 0 Å². The number of Topliss-reactive ketones (excluding diaryl/α,β-unsaturated/α-hetero) is 1. The summed E-state index contributed by atoms with van der Waals surface area (Å²) in [6.45, 7) is 10.2. The molecule has 4 bridgehead atoms. The van der Waals surface area contributed by atoms with Crippen molar-refractivity contribution in [1.29, 1.82) is 0 Å². The molecule has 4 aliphatic carbocycles. The average molecular weight is 377 g/mol. The summed E-state index contributed by atoms with van der Waals surface area (Å²) in [7, 11) is 0. The molecule has 4 rings (SSSR count). The number of hydrogen-bond donors (Lipinski definition) is 0. The fourth-order valence-corrected chi connectivity index (χ4v) is 7.75. The Kier molecular flexibility index (Phi) is 8.44. The maximum atomic E-state index is 9.44. The van der Waals surface area contributed by atoms with Crippen LogP contribution in [-0.2, 0) is 4.79 Å². The van der Waals surface area contributed by atoms with Gasteiger partial charge in [-0.1, -0.05) is 65.7 Å². The number of unbranched alkanes of at least 4 members (excludes halogenated alkanes) is 4. The molecule has 4 fully saturated rings. The van der Waals surface area contributed by atoms with Crippen LogP contribution in [-0.4, -0.2) is 5.78 Å². The molecule has 0 aromatic heterocycles. The summed E-state index contributed by atoms with van der Waals surface area (Å²) >= 11 is 0. The Balaban J connectivity index is 0.000000596. The second kappa shape index (κ2) is 9.93. The maximum absolute atomic E-state index is 9.44. The van der Waals surface area contributed by atoms with Crippen LogP contribution in [0.25, 0.3) is 0 Å². The van der Waals surface area contributed by atoms with Crippen molar-refractivity contribution in [3.05, 3.63) is 0 Å². The smallest absolute Gasteiger partial charge is 0.126 e. The van der Waals surface area contributed by atoms with Gasteiger partial charge in [-0.15, -0.1) is 0 Å². The summed E-state index contributed by atoms with van der Waals surface area (Å²) in [6.07, 6.45) is 24.5. The van der Waals surface area contributed by atoms with Gasteiger partial charge in [-0.25, -0.2) is 0 Å². The molecule has 0 radical (unpaired) electrons. The zero-order valence-electron chi connectivity index (χ0n) is 19.3. The van der Waals surface area contributed by atoms with Crippen LogP contribution in [0.1, 0.15) is 137 Å². The molecule has 2 atom stereocenters. The molecule has 0 aromatic rings. The van der Waals surface area contributed by atoms with Crippen LogP contribution < -0.4 is 0 Å². The van der Waals surface area contributed by atoms with E-state index in [1.54, 1.807) is 57.8 Å². The van der Waals surface area contributed by atoms with E-state index in [1.807, 2.05) is 0 Å². The highest BCUT2D eigenvalue weighted by molar-refractivity contribution is 5.72. The normalized spacial score (nSPS) is 36.4. The molecule has 4 saturated carbocycles. The molecule has 2 unspecified atom stereocenters. The van der Waals surface area contributed by atoms with Gasteiger partial charge >= 0.3 is 0 Å². The first-order valence-electron chi connectivity index (χ1n) is 12.3. The van der Waals surface area contributed by atoms with E-state index in [9.17, 15) is 4.79 Å². The molecule has 0 aliphatic heterocycles. The highest BCUT2D eigenvalue weighted by Gasteiger charge is 2.61. The van der Waals surface area contributed by atoms with Gasteiger partial charge in [0, 0.05) is 0 Å². The van der Waals surface area contributed by atoms with Crippen molar-refractivity contribution < 1.29 is 4.79 Å². The maximum Gasteiger partial charge on any atom is 0.126 e. The zero-order chi connectivity index (χ0) is 20.0. The SMILES string of the molecule is CC(C)=O.CCCCCC12CC3CC(CCCC)(CC(CCCC)(C3)C1)C2. The third-order valence-corrected chi connectivity index (χ3v) is 7.85. The average Bonchev–Trinajstić information content (AvgIpc) is 2.57. The first-order chi connectivity index (χ1) is 12.8. The van der Waals surface area contributed by atoms with Crippen molar-refractivity contribution in [1.82, 2.24) is 0 Å². The molecular weight excluding hydrogens is 328 g/mol. The molecule has 0 saturated heterocycles. The second-order valence-electron chi connectivity index (χ2n) is 11.1. The minimum Gasteiger partial charge on any atom is -0.300 e. The van der Waals surface area contributed by atoms with Crippen molar-refractivity contribution in [3.63, 3.8) is 0 Å². The molecule has 0 aromatic carbocycles. The number of carbonyl (C=O) groups is 1. The fraction of sp³-hybridized carbons (Fsp3) is 0.962. The molecule has 158 valence electrons. The molecule has 27 heavy (non-hydrogen) atoms. The van der Waals surface area contributed by atoms with Gasteiger partial charge in [-0.2, -0.15) is 0 Å². The molecular formula is C26H48O. The van der Waals surface area contributed by atoms with Crippen LogP contribution in [0.15, 0.2) is 0 Å². The summed E-state index contributed by atoms with van der Waals surface area (Å²) in [6, 6.07) is 0. The van der Waals surface area contributed by atoms with Crippen molar-refractivity contribution >= 4 is 5.78 Å². The summed E-state index contributed by atoms with van der Waals surface area (Å²) in [5.41, 5.74) is 2.32. The second-order valence-corrected chi connectivity index (χ2v) is 11.1. The first kappa shape index (κ1) is 23.0. The zero-order valence-corrected chi connectivity index (χ0v) is 19.3. The molecule has 4 aliphatic rings. The lowest BCUT2D eigenvalue weighted by Crippen LogP contribution is -2.56. The summed E-state index contributed by atoms with van der Waals surface area (Å²) in [4.78, 5) is 9.44. The van der Waals surface area contributed by atoms with E-state index in [1.165, 1.54) is 58.8 Å². The quantitative estimate of drug-likeness (QED) is 0.349. The lowest BCUT2D eigenvalue weighted by Gasteiger charge is -2.67. The molecule has 0 N–H and O–H groups in total. The van der Waals surface area contributed by atoms with Gasteiger partial charge in [-0.3, -0.25) is 0 Å². The van der Waals surface area contributed by atoms with Crippen molar-refractivity contribution in [2.45, 2.75) is 137 Å². The Morgan fingerprint density at radius 2 is 1.00 bits per heavy atom. The van der Waals surface area contributed by atoms with E-state index in [-0.39, 0.29) is 5.78 Å². The van der Waals surface area contributed by atoms with Crippen LogP contribution >= 0.6 is 0 Å². The Hall–Kier alpha value is -0.330. The molecule has 0 heterocycles. The highest BCUT2D eigenvalue weighted by atomic mass is 16.1. The Morgan fingerprint density at radius 3 is 1.33 bits per heavy atom. The minimum atomic E-state index is 0.167. The van der Waals surface area contributed by atoms with E-state index < -0.39 is 0 Å². The Labute approximate surface area is 170 Å². The van der Waals surface area contributed by atoms with Crippen molar-refractivity contribution in [2.24, 2.45) is 22.2 Å². The summed E-state index contributed by atoms with van der Waals surface area (Å²) in [5.74, 6) is 1.27. The topological polar surface area (TPSA) is 17.1 Å². The Bertz CT molecular complexity index is 437. The first-order valence-corrected chi connectivity index (χ1v) is 12.3. The fourth-order valence-electron chi connectivity index (χ4n) is 7.75. The third-order valence-electron chi connectivity index (χ3n) is 7.85. The monoisotopic (exact) mass is 376 g/mol. The van der Waals surface area contributed by atoms with E-state index in [2.05, 4.69) is 20.8 Å². The van der Waals surface area contributed by atoms with Gasteiger partial charge in [-0.05, 0) is 93.8 Å². The van der Waals surface area contributed by atoms with Crippen LogP contribution in [0, 0.1) is 22.2 Å². The predicted octanol–water partition coefficient (Wildman–Crippen LogP) is 8.50. The van der Waals surface area contributed by atoms with Crippen molar-refractivity contribution in [2.75, 3.05) is 0 Å². The molecule has 1 nitrogen and oxygen atoms in total. The number of hydrogen-bond acceptors (Lipinski definition) is 1. The van der Waals surface area contributed by atoms with Crippen LogP contribution in [0.4, 0.5) is 0 Å². The standard InChI is InChI=1S/C23H42.C3H6O/c1-4-7-10-13-23-16-20-14-21(18-23,11-8-5-2)17-22(15-20,19-23)12-9-6-3;1-3(2)4/h20H,4-19H2,1-3H3;1-2H3. The largest absolute Gasteiger partial charge is 0.300 e. The van der Waals surface area contributed by atoms with Gasteiger partial charge in [0.25, 0.3) is 0 Å². The van der Waals surface area contributed by atoms with Gasteiger partial charge < -0.3 is 4.79 Å². The lowest BCUT2D eigenvalue weighted by atomic mass is 9.37. The molecule has 1 heteroatoms. The molecule has 0 amide bonds. The van der Waals surface area contributed by atoms with E-state index in [4.69, 9.17) is 0 Å². The third kappa shape index (κ3) is 6.07. The van der Waals surface area contributed by atoms with Gasteiger partial charge in [0.15, 0.2) is 0 Å². The van der Waals surface area contributed by atoms with Crippen LogP contribution in [0.5, 0.6) is 0 Å².